The molecule has 0 saturated carbocycles. The van der Waals surface area contributed by atoms with Crippen LogP contribution in [-0.2, 0) is 23.3 Å². The fourth-order valence-electron chi connectivity index (χ4n) is 0.623. The third-order valence-electron chi connectivity index (χ3n) is 1.28. The fourth-order valence-corrected chi connectivity index (χ4v) is 1.13. The topological polar surface area (TPSA) is 61.8 Å². The van der Waals surface area contributed by atoms with Crippen molar-refractivity contribution in [2.45, 2.75) is 0 Å². The van der Waals surface area contributed by atoms with E-state index in [4.69, 9.17) is 24.9 Å². The maximum absolute atomic E-state index is 10.4. The van der Waals surface area contributed by atoms with Crippen molar-refractivity contribution in [3.05, 3.63) is 0 Å². The van der Waals surface area contributed by atoms with Gasteiger partial charge in [-0.2, -0.15) is 0 Å². The molecule has 0 N–H and O–H groups in total. The first-order valence-electron chi connectivity index (χ1n) is 4.13. The van der Waals surface area contributed by atoms with Crippen LogP contribution in [0.15, 0.2) is 0 Å². The molecule has 0 aromatic carbocycles. The number of rotatable bonds is 9. The molecule has 5 nitrogen and oxygen atoms in total. The molecule has 0 aliphatic heterocycles. The fraction of sp³-hybridized carbons (Fsp3) is 1.00. The smallest absolute Gasteiger partial charge is 0.234 e. The highest BCUT2D eigenvalue weighted by atomic mass is 35.7. The molecule has 0 aromatic rings. The molecule has 0 amide bonds. The van der Waals surface area contributed by atoms with E-state index in [-0.39, 0.29) is 12.4 Å². The predicted molar refractivity (Wildman–Crippen MR) is 53.2 cm³/mol. The summed E-state index contributed by atoms with van der Waals surface area (Å²) in [6, 6.07) is 0. The highest BCUT2D eigenvalue weighted by Gasteiger charge is 2.03. The molecule has 14 heavy (non-hydrogen) atoms. The average Bonchev–Trinajstić information content (AvgIpc) is 2.08. The van der Waals surface area contributed by atoms with Gasteiger partial charge in [-0.1, -0.05) is 0 Å². The summed E-state index contributed by atoms with van der Waals surface area (Å²) < 4.78 is 35.7. The summed E-state index contributed by atoms with van der Waals surface area (Å²) in [5.41, 5.74) is 0. The second-order valence-electron chi connectivity index (χ2n) is 2.46. The molecule has 0 saturated heterocycles. The van der Waals surface area contributed by atoms with Gasteiger partial charge in [0, 0.05) is 17.8 Å². The van der Waals surface area contributed by atoms with E-state index in [1.54, 1.807) is 7.11 Å². The Morgan fingerprint density at radius 1 is 1.00 bits per heavy atom. The molecule has 0 rings (SSSR count). The van der Waals surface area contributed by atoms with E-state index in [2.05, 4.69) is 0 Å². The molecule has 0 fully saturated rings. The normalized spacial score (nSPS) is 11.9. The van der Waals surface area contributed by atoms with Gasteiger partial charge < -0.3 is 14.2 Å². The molecule has 0 bridgehead atoms. The molecule has 0 spiro atoms. The highest BCUT2D eigenvalue weighted by Crippen LogP contribution is 1.95. The third kappa shape index (κ3) is 12.1. The van der Waals surface area contributed by atoms with Crippen LogP contribution in [0.4, 0.5) is 0 Å². The standard InChI is InChI=1S/C7H15ClO5S/c1-11-2-3-12-4-5-13-6-7-14(8,9)10/h2-7H2,1H3. The first-order valence-corrected chi connectivity index (χ1v) is 6.61. The number of hydrogen-bond donors (Lipinski definition) is 0. The van der Waals surface area contributed by atoms with Gasteiger partial charge in [-0.25, -0.2) is 8.42 Å². The lowest BCUT2D eigenvalue weighted by Gasteiger charge is -2.04. The van der Waals surface area contributed by atoms with E-state index in [9.17, 15) is 8.42 Å². The largest absolute Gasteiger partial charge is 0.382 e. The van der Waals surface area contributed by atoms with Crippen LogP contribution in [0.3, 0.4) is 0 Å². The summed E-state index contributed by atoms with van der Waals surface area (Å²) in [7, 11) is 3.11. The Kier molecular flexibility index (Phi) is 8.50. The number of hydrogen-bond acceptors (Lipinski definition) is 5. The number of methoxy groups -OCH3 is 1. The lowest BCUT2D eigenvalue weighted by atomic mass is 10.7. The first kappa shape index (κ1) is 14.1. The van der Waals surface area contributed by atoms with Crippen LogP contribution in [0.25, 0.3) is 0 Å². The van der Waals surface area contributed by atoms with Crippen LogP contribution in [0.5, 0.6) is 0 Å². The summed E-state index contributed by atoms with van der Waals surface area (Å²) in [5, 5.41) is 0. The molecule has 7 heteroatoms. The monoisotopic (exact) mass is 246 g/mol. The van der Waals surface area contributed by atoms with Crippen molar-refractivity contribution >= 4 is 19.7 Å². The second kappa shape index (κ2) is 8.43. The van der Waals surface area contributed by atoms with Crippen molar-refractivity contribution in [3.63, 3.8) is 0 Å². The molecule has 0 aliphatic rings. The molecular weight excluding hydrogens is 232 g/mol. The number of halogens is 1. The van der Waals surface area contributed by atoms with Crippen molar-refractivity contribution < 1.29 is 22.6 Å². The van der Waals surface area contributed by atoms with E-state index >= 15 is 0 Å². The Bertz CT molecular complexity index is 216. The minimum atomic E-state index is -3.44. The quantitative estimate of drug-likeness (QED) is 0.431. The van der Waals surface area contributed by atoms with Crippen molar-refractivity contribution in [2.24, 2.45) is 0 Å². The van der Waals surface area contributed by atoms with E-state index in [1.807, 2.05) is 0 Å². The SMILES string of the molecule is COCCOCCOCCS(=O)(=O)Cl. The van der Waals surface area contributed by atoms with Gasteiger partial charge in [0.15, 0.2) is 0 Å². The van der Waals surface area contributed by atoms with Crippen molar-refractivity contribution in [2.75, 3.05) is 45.9 Å². The van der Waals surface area contributed by atoms with Crippen molar-refractivity contribution in [1.82, 2.24) is 0 Å². The van der Waals surface area contributed by atoms with Crippen LogP contribution < -0.4 is 0 Å². The summed E-state index contributed by atoms with van der Waals surface area (Å²) in [6.07, 6.45) is 0. The molecule has 0 heterocycles. The first-order chi connectivity index (χ1) is 6.56. The Morgan fingerprint density at radius 2 is 1.50 bits per heavy atom. The molecular formula is C7H15ClO5S. The second-order valence-corrected chi connectivity index (χ2v) is 5.36. The zero-order valence-electron chi connectivity index (χ0n) is 8.07. The van der Waals surface area contributed by atoms with E-state index in [1.165, 1.54) is 0 Å². The van der Waals surface area contributed by atoms with Gasteiger partial charge in [-0.3, -0.25) is 0 Å². The Morgan fingerprint density at radius 3 is 2.00 bits per heavy atom. The van der Waals surface area contributed by atoms with Crippen LogP contribution in [0.1, 0.15) is 0 Å². The lowest BCUT2D eigenvalue weighted by molar-refractivity contribution is 0.0284. The summed E-state index contributed by atoms with van der Waals surface area (Å²) in [6.45, 7) is 1.92. The van der Waals surface area contributed by atoms with Crippen molar-refractivity contribution in [3.8, 4) is 0 Å². The molecule has 0 aliphatic carbocycles. The van der Waals surface area contributed by atoms with Gasteiger partial charge in [0.05, 0.1) is 38.8 Å². The minimum Gasteiger partial charge on any atom is -0.382 e. The maximum atomic E-state index is 10.4. The highest BCUT2D eigenvalue weighted by molar-refractivity contribution is 8.13. The zero-order chi connectivity index (χ0) is 10.9. The van der Waals surface area contributed by atoms with Crippen LogP contribution in [0.2, 0.25) is 0 Å². The van der Waals surface area contributed by atoms with Crippen molar-refractivity contribution in [1.29, 1.82) is 0 Å². The maximum Gasteiger partial charge on any atom is 0.234 e. The third-order valence-corrected chi connectivity index (χ3v) is 2.39. The van der Waals surface area contributed by atoms with Gasteiger partial charge in [0.1, 0.15) is 0 Å². The van der Waals surface area contributed by atoms with Gasteiger partial charge in [0.2, 0.25) is 9.05 Å². The molecule has 0 atom stereocenters. The molecule has 0 radical (unpaired) electrons. The Hall–Kier alpha value is 0.120. The minimum absolute atomic E-state index is 0.0967. The Balaban J connectivity index is 3.07. The van der Waals surface area contributed by atoms with E-state index < -0.39 is 9.05 Å². The summed E-state index contributed by atoms with van der Waals surface area (Å²) in [5.74, 6) is -0.174. The van der Waals surface area contributed by atoms with E-state index in [0.717, 1.165) is 0 Å². The average molecular weight is 247 g/mol. The molecule has 86 valence electrons. The predicted octanol–water partition coefficient (Wildman–Crippen LogP) is 0.235. The summed E-state index contributed by atoms with van der Waals surface area (Å²) >= 11 is 0. The number of ether oxygens (including phenoxy) is 3. The van der Waals surface area contributed by atoms with E-state index in [0.29, 0.717) is 26.4 Å². The summed E-state index contributed by atoms with van der Waals surface area (Å²) in [4.78, 5) is 0. The molecule has 0 unspecified atom stereocenters. The van der Waals surface area contributed by atoms with Gasteiger partial charge in [0.25, 0.3) is 0 Å². The van der Waals surface area contributed by atoms with Crippen LogP contribution >= 0.6 is 10.7 Å². The Labute approximate surface area is 88.7 Å². The molecule has 0 aromatic heterocycles. The van der Waals surface area contributed by atoms with Crippen LogP contribution in [-0.4, -0.2) is 54.3 Å². The van der Waals surface area contributed by atoms with Gasteiger partial charge in [-0.15, -0.1) is 0 Å². The zero-order valence-corrected chi connectivity index (χ0v) is 9.64. The van der Waals surface area contributed by atoms with Gasteiger partial charge in [-0.05, 0) is 0 Å². The van der Waals surface area contributed by atoms with Gasteiger partial charge >= 0.3 is 0 Å². The van der Waals surface area contributed by atoms with Crippen LogP contribution in [0, 0.1) is 0 Å². The lowest BCUT2D eigenvalue weighted by Crippen LogP contribution is -2.12.